The fourth-order valence-corrected chi connectivity index (χ4v) is 4.16. The van der Waals surface area contributed by atoms with Crippen LogP contribution in [0.3, 0.4) is 0 Å². The first-order valence-corrected chi connectivity index (χ1v) is 11.8. The Hall–Kier alpha value is -3.46. The number of hydrogen-bond acceptors (Lipinski definition) is 7. The molecule has 31 heavy (non-hydrogen) atoms. The molecule has 2 heterocycles. The Bertz CT molecular complexity index is 1350. The molecule has 0 bridgehead atoms. The number of aromatic nitrogens is 4. The van der Waals surface area contributed by atoms with Gasteiger partial charge in [-0.05, 0) is 48.9 Å². The minimum Gasteiger partial charge on any atom is -0.331 e. The number of nitrogens with one attached hydrogen (secondary N) is 1. The van der Waals surface area contributed by atoms with Crippen molar-refractivity contribution in [1.29, 1.82) is 0 Å². The zero-order valence-corrected chi connectivity index (χ0v) is 18.7. The van der Waals surface area contributed by atoms with E-state index in [2.05, 4.69) is 30.9 Å². The van der Waals surface area contributed by atoms with E-state index in [-0.39, 0.29) is 5.75 Å². The summed E-state index contributed by atoms with van der Waals surface area (Å²) in [7, 11) is 0.890. The summed E-state index contributed by atoms with van der Waals surface area (Å²) in [5, 5.41) is 3.17. The van der Waals surface area contributed by atoms with Crippen LogP contribution in [0.1, 0.15) is 11.4 Å². The van der Waals surface area contributed by atoms with Crippen LogP contribution in [0.4, 0.5) is 23.1 Å². The first kappa shape index (κ1) is 20.8. The van der Waals surface area contributed by atoms with Crippen molar-refractivity contribution in [2.24, 2.45) is 7.05 Å². The number of anilines is 4. The number of hydrogen-bond donors (Lipinski definition) is 1. The van der Waals surface area contributed by atoms with E-state index in [1.807, 2.05) is 56.3 Å². The van der Waals surface area contributed by atoms with Gasteiger partial charge in [0.25, 0.3) is 0 Å². The predicted molar refractivity (Wildman–Crippen MR) is 124 cm³/mol. The highest BCUT2D eigenvalue weighted by Crippen LogP contribution is 2.27. The average Bonchev–Trinajstić information content (AvgIpc) is 3.01. The van der Waals surface area contributed by atoms with Gasteiger partial charge in [-0.15, -0.1) is 0 Å². The second kappa shape index (κ2) is 7.99. The highest BCUT2D eigenvalue weighted by molar-refractivity contribution is 7.89. The van der Waals surface area contributed by atoms with Gasteiger partial charge >= 0.3 is 0 Å². The van der Waals surface area contributed by atoms with Gasteiger partial charge in [-0.1, -0.05) is 12.1 Å². The minimum absolute atomic E-state index is 0.0181. The van der Waals surface area contributed by atoms with Crippen molar-refractivity contribution in [3.05, 3.63) is 66.1 Å². The molecule has 4 aromatic rings. The van der Waals surface area contributed by atoms with Crippen molar-refractivity contribution in [2.75, 3.05) is 23.5 Å². The SMILES string of the molecule is Cc1nc2cc(N(C)c3ccnc(Nc4ccc(CS(C)(=O)=O)cc4)n3)ccc2n1C. The van der Waals surface area contributed by atoms with Gasteiger partial charge in [0.15, 0.2) is 9.84 Å². The van der Waals surface area contributed by atoms with Gasteiger partial charge in [0.05, 0.1) is 16.8 Å². The Labute approximate surface area is 181 Å². The van der Waals surface area contributed by atoms with E-state index in [9.17, 15) is 8.42 Å². The van der Waals surface area contributed by atoms with Gasteiger partial charge in [0, 0.05) is 37.9 Å². The predicted octanol–water partition coefficient (Wildman–Crippen LogP) is 3.73. The van der Waals surface area contributed by atoms with Crippen molar-refractivity contribution < 1.29 is 8.42 Å². The number of nitrogens with zero attached hydrogens (tertiary/aromatic N) is 5. The normalized spacial score (nSPS) is 11.6. The summed E-state index contributed by atoms with van der Waals surface area (Å²) in [5.41, 5.74) is 4.51. The van der Waals surface area contributed by atoms with Crippen LogP contribution in [0.2, 0.25) is 0 Å². The van der Waals surface area contributed by atoms with Crippen LogP contribution in [0.25, 0.3) is 11.0 Å². The molecule has 0 amide bonds. The third-order valence-electron chi connectivity index (χ3n) is 5.10. The summed E-state index contributed by atoms with van der Waals surface area (Å²) in [6.45, 7) is 1.99. The van der Waals surface area contributed by atoms with Crippen molar-refractivity contribution >= 4 is 44.0 Å². The third-order valence-corrected chi connectivity index (χ3v) is 5.96. The van der Waals surface area contributed by atoms with E-state index in [0.29, 0.717) is 5.95 Å². The molecule has 0 saturated heterocycles. The van der Waals surface area contributed by atoms with Crippen LogP contribution < -0.4 is 10.2 Å². The lowest BCUT2D eigenvalue weighted by atomic mass is 10.2. The molecule has 0 atom stereocenters. The number of benzene rings is 2. The van der Waals surface area contributed by atoms with Crippen molar-refractivity contribution in [2.45, 2.75) is 12.7 Å². The van der Waals surface area contributed by atoms with Gasteiger partial charge in [0.1, 0.15) is 11.6 Å². The maximum atomic E-state index is 11.4. The van der Waals surface area contributed by atoms with Gasteiger partial charge < -0.3 is 14.8 Å². The van der Waals surface area contributed by atoms with E-state index >= 15 is 0 Å². The maximum Gasteiger partial charge on any atom is 0.229 e. The van der Waals surface area contributed by atoms with Crippen molar-refractivity contribution in [1.82, 2.24) is 19.5 Å². The first-order chi connectivity index (χ1) is 14.7. The number of fused-ring (bicyclic) bond motifs is 1. The van der Waals surface area contributed by atoms with Crippen LogP contribution in [0.5, 0.6) is 0 Å². The summed E-state index contributed by atoms with van der Waals surface area (Å²) < 4.78 is 24.9. The molecule has 0 aliphatic rings. The lowest BCUT2D eigenvalue weighted by Gasteiger charge is -2.19. The Morgan fingerprint density at radius 2 is 1.81 bits per heavy atom. The molecular formula is C22H24N6O2S. The van der Waals surface area contributed by atoms with Crippen LogP contribution in [-0.4, -0.2) is 41.2 Å². The summed E-state index contributed by atoms with van der Waals surface area (Å²) in [4.78, 5) is 15.5. The Morgan fingerprint density at radius 3 is 2.52 bits per heavy atom. The lowest BCUT2D eigenvalue weighted by Crippen LogP contribution is -2.12. The molecule has 0 saturated carbocycles. The number of aryl methyl sites for hydroxylation is 2. The third kappa shape index (κ3) is 4.66. The number of imidazole rings is 1. The number of rotatable bonds is 6. The summed E-state index contributed by atoms with van der Waals surface area (Å²) in [5.74, 6) is 2.17. The Kier molecular flexibility index (Phi) is 5.36. The smallest absolute Gasteiger partial charge is 0.229 e. The minimum atomic E-state index is -3.06. The summed E-state index contributed by atoms with van der Waals surface area (Å²) in [6.07, 6.45) is 2.92. The highest BCUT2D eigenvalue weighted by atomic mass is 32.2. The van der Waals surface area contributed by atoms with Crippen molar-refractivity contribution in [3.63, 3.8) is 0 Å². The van der Waals surface area contributed by atoms with E-state index in [4.69, 9.17) is 0 Å². The molecule has 0 fully saturated rings. The van der Waals surface area contributed by atoms with Crippen LogP contribution in [-0.2, 0) is 22.6 Å². The molecule has 0 aliphatic carbocycles. The summed E-state index contributed by atoms with van der Waals surface area (Å²) >= 11 is 0. The molecule has 8 nitrogen and oxygen atoms in total. The van der Waals surface area contributed by atoms with Gasteiger partial charge in [-0.25, -0.2) is 18.4 Å². The van der Waals surface area contributed by atoms with Gasteiger partial charge in [0.2, 0.25) is 5.95 Å². The number of sulfone groups is 1. The summed E-state index contributed by atoms with van der Waals surface area (Å²) in [6, 6.07) is 15.2. The molecule has 1 N–H and O–H groups in total. The fourth-order valence-electron chi connectivity index (χ4n) is 3.36. The lowest BCUT2D eigenvalue weighted by molar-refractivity contribution is 0.601. The standard InChI is InChI=1S/C22H24N6O2S/c1-15-24-19-13-18(9-10-20(19)27(15)2)28(3)21-11-12-23-22(26-21)25-17-7-5-16(6-8-17)14-31(4,29)30/h5-13H,14H2,1-4H3,(H,23,25,26). The topological polar surface area (TPSA) is 93.0 Å². The molecule has 160 valence electrons. The second-order valence-corrected chi connectivity index (χ2v) is 9.72. The molecule has 0 unspecified atom stereocenters. The largest absolute Gasteiger partial charge is 0.331 e. The van der Waals surface area contributed by atoms with Crippen molar-refractivity contribution in [3.8, 4) is 0 Å². The second-order valence-electron chi connectivity index (χ2n) is 7.58. The highest BCUT2D eigenvalue weighted by Gasteiger charge is 2.11. The molecule has 4 rings (SSSR count). The Morgan fingerprint density at radius 1 is 1.06 bits per heavy atom. The zero-order valence-electron chi connectivity index (χ0n) is 17.9. The van der Waals surface area contributed by atoms with Crippen LogP contribution >= 0.6 is 0 Å². The van der Waals surface area contributed by atoms with E-state index in [0.717, 1.165) is 39.6 Å². The quantitative estimate of drug-likeness (QED) is 0.492. The molecule has 2 aromatic carbocycles. The molecular weight excluding hydrogens is 412 g/mol. The van der Waals surface area contributed by atoms with Crippen LogP contribution in [0, 0.1) is 6.92 Å². The van der Waals surface area contributed by atoms with Gasteiger partial charge in [-0.2, -0.15) is 4.98 Å². The van der Waals surface area contributed by atoms with Gasteiger partial charge in [-0.3, -0.25) is 0 Å². The first-order valence-electron chi connectivity index (χ1n) is 9.73. The van der Waals surface area contributed by atoms with Crippen LogP contribution in [0.15, 0.2) is 54.7 Å². The maximum absolute atomic E-state index is 11.4. The molecule has 0 spiro atoms. The molecule has 2 aromatic heterocycles. The molecule has 9 heteroatoms. The molecule has 0 aliphatic heterocycles. The monoisotopic (exact) mass is 436 g/mol. The zero-order chi connectivity index (χ0) is 22.2. The fraction of sp³-hybridized carbons (Fsp3) is 0.227. The average molecular weight is 437 g/mol. The molecule has 0 radical (unpaired) electrons. The van der Waals surface area contributed by atoms with E-state index in [1.165, 1.54) is 6.26 Å². The Balaban J connectivity index is 1.54. The van der Waals surface area contributed by atoms with E-state index in [1.54, 1.807) is 18.3 Å². The van der Waals surface area contributed by atoms with E-state index < -0.39 is 9.84 Å².